The minimum atomic E-state index is -1.64. The van der Waals surface area contributed by atoms with E-state index in [2.05, 4.69) is 5.32 Å². The molecule has 0 saturated carbocycles. The van der Waals surface area contributed by atoms with Gasteiger partial charge in [0, 0.05) is 0 Å². The number of aromatic hydroxyl groups is 1. The van der Waals surface area contributed by atoms with Gasteiger partial charge in [-0.1, -0.05) is 12.1 Å². The van der Waals surface area contributed by atoms with E-state index in [9.17, 15) is 23.1 Å². The lowest BCUT2D eigenvalue weighted by Crippen LogP contribution is -2.16. The zero-order chi connectivity index (χ0) is 14.7. The maximum Gasteiger partial charge on any atom is 0.228 e. The van der Waals surface area contributed by atoms with Gasteiger partial charge in [0.15, 0.2) is 17.5 Å². The number of carbonyl (C=O) groups is 1. The van der Waals surface area contributed by atoms with Crippen LogP contribution in [0.25, 0.3) is 0 Å². The maximum atomic E-state index is 13.4. The van der Waals surface area contributed by atoms with Gasteiger partial charge in [-0.05, 0) is 29.8 Å². The molecule has 0 bridgehead atoms. The number of hydrogen-bond donors (Lipinski definition) is 2. The van der Waals surface area contributed by atoms with Gasteiger partial charge in [0.1, 0.15) is 5.75 Å². The molecule has 0 heterocycles. The number of rotatable bonds is 3. The van der Waals surface area contributed by atoms with E-state index >= 15 is 0 Å². The Morgan fingerprint density at radius 3 is 2.55 bits per heavy atom. The number of amides is 1. The molecule has 2 rings (SSSR count). The molecule has 0 aliphatic heterocycles. The molecular formula is C14H10F3NO2. The van der Waals surface area contributed by atoms with Crippen molar-refractivity contribution in [3.63, 3.8) is 0 Å². The average Bonchev–Trinajstić information content (AvgIpc) is 2.39. The van der Waals surface area contributed by atoms with Crippen molar-refractivity contribution in [3.05, 3.63) is 59.4 Å². The molecule has 20 heavy (non-hydrogen) atoms. The van der Waals surface area contributed by atoms with Crippen molar-refractivity contribution >= 4 is 11.6 Å². The first kappa shape index (κ1) is 13.9. The Balaban J connectivity index is 2.11. The van der Waals surface area contributed by atoms with Crippen LogP contribution in [0, 0.1) is 17.5 Å². The number of hydrogen-bond acceptors (Lipinski definition) is 2. The Hall–Kier alpha value is -2.50. The monoisotopic (exact) mass is 281 g/mol. The third-order valence-electron chi connectivity index (χ3n) is 2.58. The van der Waals surface area contributed by atoms with Crippen LogP contribution in [0.5, 0.6) is 5.75 Å². The van der Waals surface area contributed by atoms with Crippen molar-refractivity contribution in [2.45, 2.75) is 6.42 Å². The molecule has 0 spiro atoms. The van der Waals surface area contributed by atoms with Gasteiger partial charge < -0.3 is 10.4 Å². The van der Waals surface area contributed by atoms with Gasteiger partial charge >= 0.3 is 0 Å². The van der Waals surface area contributed by atoms with Crippen molar-refractivity contribution < 1.29 is 23.1 Å². The van der Waals surface area contributed by atoms with Crippen LogP contribution < -0.4 is 5.32 Å². The van der Waals surface area contributed by atoms with E-state index in [0.717, 1.165) is 12.1 Å². The molecule has 0 unspecified atom stereocenters. The van der Waals surface area contributed by atoms with Crippen LogP contribution in [-0.2, 0) is 11.2 Å². The average molecular weight is 281 g/mol. The molecule has 6 heteroatoms. The van der Waals surface area contributed by atoms with E-state index in [1.54, 1.807) is 12.1 Å². The van der Waals surface area contributed by atoms with Gasteiger partial charge in [-0.15, -0.1) is 0 Å². The summed E-state index contributed by atoms with van der Waals surface area (Å²) in [6, 6.07) is 7.63. The number of nitrogens with one attached hydrogen (secondary N) is 1. The predicted molar refractivity (Wildman–Crippen MR) is 66.8 cm³/mol. The molecule has 0 aliphatic rings. The highest BCUT2D eigenvalue weighted by Gasteiger charge is 2.15. The fraction of sp³-hybridized carbons (Fsp3) is 0.0714. The van der Waals surface area contributed by atoms with Crippen LogP contribution in [0.3, 0.4) is 0 Å². The van der Waals surface area contributed by atoms with Crippen molar-refractivity contribution in [3.8, 4) is 5.75 Å². The molecule has 0 aromatic heterocycles. The Labute approximate surface area is 112 Å². The zero-order valence-corrected chi connectivity index (χ0v) is 10.2. The second-order valence-electron chi connectivity index (χ2n) is 4.12. The van der Waals surface area contributed by atoms with Crippen molar-refractivity contribution in [2.24, 2.45) is 0 Å². The van der Waals surface area contributed by atoms with Crippen LogP contribution in [0.1, 0.15) is 5.56 Å². The number of halogens is 3. The normalized spacial score (nSPS) is 10.3. The van der Waals surface area contributed by atoms with Crippen molar-refractivity contribution in [2.75, 3.05) is 5.32 Å². The third-order valence-corrected chi connectivity index (χ3v) is 2.58. The minimum absolute atomic E-state index is 0.00527. The standard InChI is InChI=1S/C14H10F3NO2/c15-10-4-5-11(14(17)13(10)16)18-12(20)7-8-2-1-3-9(19)6-8/h1-6,19H,7H2,(H,18,20). The molecule has 0 radical (unpaired) electrons. The molecule has 2 N–H and O–H groups in total. The summed E-state index contributed by atoms with van der Waals surface area (Å²) in [5.74, 6) is -5.03. The first-order valence-electron chi connectivity index (χ1n) is 5.68. The Morgan fingerprint density at radius 2 is 1.85 bits per heavy atom. The molecule has 3 nitrogen and oxygen atoms in total. The number of phenolic OH excluding ortho intramolecular Hbond substituents is 1. The second kappa shape index (κ2) is 5.64. The van der Waals surface area contributed by atoms with Crippen molar-refractivity contribution in [1.29, 1.82) is 0 Å². The lowest BCUT2D eigenvalue weighted by Gasteiger charge is -2.07. The van der Waals surface area contributed by atoms with Crippen LogP contribution in [-0.4, -0.2) is 11.0 Å². The van der Waals surface area contributed by atoms with E-state index in [4.69, 9.17) is 0 Å². The molecular weight excluding hydrogens is 271 g/mol. The lowest BCUT2D eigenvalue weighted by molar-refractivity contribution is -0.115. The summed E-state index contributed by atoms with van der Waals surface area (Å²) < 4.78 is 39.1. The van der Waals surface area contributed by atoms with Crippen LogP contribution in [0.15, 0.2) is 36.4 Å². The van der Waals surface area contributed by atoms with E-state index in [1.165, 1.54) is 12.1 Å². The summed E-state index contributed by atoms with van der Waals surface area (Å²) in [5.41, 5.74) is 0.0690. The van der Waals surface area contributed by atoms with Gasteiger partial charge in [0.2, 0.25) is 5.91 Å². The number of anilines is 1. The predicted octanol–water partition coefficient (Wildman–Crippen LogP) is 2.99. The second-order valence-corrected chi connectivity index (χ2v) is 4.12. The zero-order valence-electron chi connectivity index (χ0n) is 10.2. The summed E-state index contributed by atoms with van der Waals surface area (Å²) in [7, 11) is 0. The first-order valence-corrected chi connectivity index (χ1v) is 5.68. The molecule has 2 aromatic carbocycles. The van der Waals surface area contributed by atoms with Gasteiger partial charge in [-0.3, -0.25) is 4.79 Å². The van der Waals surface area contributed by atoms with E-state index < -0.39 is 29.0 Å². The Bertz CT molecular complexity index is 659. The molecule has 0 aliphatic carbocycles. The third kappa shape index (κ3) is 3.09. The van der Waals surface area contributed by atoms with Crippen LogP contribution in [0.4, 0.5) is 18.9 Å². The highest BCUT2D eigenvalue weighted by Crippen LogP contribution is 2.20. The van der Waals surface area contributed by atoms with E-state index in [0.29, 0.717) is 5.56 Å². The summed E-state index contributed by atoms with van der Waals surface area (Å²) >= 11 is 0. The van der Waals surface area contributed by atoms with Gasteiger partial charge in [0.05, 0.1) is 12.1 Å². The summed E-state index contributed by atoms with van der Waals surface area (Å²) in [5, 5.41) is 11.4. The minimum Gasteiger partial charge on any atom is -0.508 e. The first-order chi connectivity index (χ1) is 9.47. The van der Waals surface area contributed by atoms with Gasteiger partial charge in [-0.2, -0.15) is 0 Å². The topological polar surface area (TPSA) is 49.3 Å². The summed E-state index contributed by atoms with van der Waals surface area (Å²) in [6.45, 7) is 0. The molecule has 0 saturated heterocycles. The Morgan fingerprint density at radius 1 is 1.10 bits per heavy atom. The number of phenols is 1. The molecule has 2 aromatic rings. The molecule has 0 fully saturated rings. The highest BCUT2D eigenvalue weighted by atomic mass is 19.2. The fourth-order valence-electron chi connectivity index (χ4n) is 1.67. The molecule has 104 valence electrons. The van der Waals surface area contributed by atoms with Crippen molar-refractivity contribution in [1.82, 2.24) is 0 Å². The largest absolute Gasteiger partial charge is 0.508 e. The van der Waals surface area contributed by atoms with Gasteiger partial charge in [0.25, 0.3) is 0 Å². The van der Waals surface area contributed by atoms with Crippen LogP contribution in [0.2, 0.25) is 0 Å². The maximum absolute atomic E-state index is 13.4. The summed E-state index contributed by atoms with van der Waals surface area (Å²) in [4.78, 5) is 11.7. The quantitative estimate of drug-likeness (QED) is 0.850. The van der Waals surface area contributed by atoms with Gasteiger partial charge in [-0.25, -0.2) is 13.2 Å². The smallest absolute Gasteiger partial charge is 0.228 e. The fourth-order valence-corrected chi connectivity index (χ4v) is 1.67. The van der Waals surface area contributed by atoms with Crippen LogP contribution >= 0.6 is 0 Å². The summed E-state index contributed by atoms with van der Waals surface area (Å²) in [6.07, 6.45) is -0.132. The Kier molecular flexibility index (Phi) is 3.93. The number of carbonyl (C=O) groups excluding carboxylic acids is 1. The molecule has 1 amide bonds. The SMILES string of the molecule is O=C(Cc1cccc(O)c1)Nc1ccc(F)c(F)c1F. The van der Waals surface area contributed by atoms with E-state index in [1.807, 2.05) is 0 Å². The number of benzene rings is 2. The molecule has 0 atom stereocenters. The highest BCUT2D eigenvalue weighted by molar-refractivity contribution is 5.92. The lowest BCUT2D eigenvalue weighted by atomic mass is 10.1. The van der Waals surface area contributed by atoms with E-state index in [-0.39, 0.29) is 12.2 Å².